The van der Waals surface area contributed by atoms with Crippen LogP contribution in [-0.2, 0) is 6.42 Å². The summed E-state index contributed by atoms with van der Waals surface area (Å²) in [7, 11) is 0. The maximum Gasteiger partial charge on any atom is 0.255 e. The Balaban J connectivity index is 2.11. The van der Waals surface area contributed by atoms with E-state index in [0.717, 1.165) is 16.8 Å². The molecule has 0 aromatic heterocycles. The molecule has 1 amide bonds. The van der Waals surface area contributed by atoms with Gasteiger partial charge in [-0.1, -0.05) is 18.2 Å². The molecule has 2 aromatic rings. The van der Waals surface area contributed by atoms with Crippen LogP contribution in [0.25, 0.3) is 0 Å². The van der Waals surface area contributed by atoms with Crippen LogP contribution in [0, 0.1) is 25.2 Å². The van der Waals surface area contributed by atoms with Crippen molar-refractivity contribution in [1.82, 2.24) is 0 Å². The van der Waals surface area contributed by atoms with Crippen molar-refractivity contribution in [3.63, 3.8) is 0 Å². The fourth-order valence-electron chi connectivity index (χ4n) is 1.88. The third-order valence-electron chi connectivity index (χ3n) is 3.26. The Hall–Kier alpha value is -2.60. The molecule has 0 atom stereocenters. The number of carbonyl (C=O) groups is 1. The SMILES string of the molecule is Cc1ccc(C(=O)Nc2ccc(CC#N)cc2)cc1C. The zero-order chi connectivity index (χ0) is 14.5. The van der Waals surface area contributed by atoms with E-state index in [4.69, 9.17) is 5.26 Å². The first-order valence-corrected chi connectivity index (χ1v) is 6.44. The molecule has 0 saturated heterocycles. The molecule has 0 radical (unpaired) electrons. The lowest BCUT2D eigenvalue weighted by Gasteiger charge is -2.07. The molecule has 0 bridgehead atoms. The number of benzene rings is 2. The van der Waals surface area contributed by atoms with Crippen LogP contribution in [0.3, 0.4) is 0 Å². The van der Waals surface area contributed by atoms with Gasteiger partial charge in [-0.2, -0.15) is 5.26 Å². The van der Waals surface area contributed by atoms with Gasteiger partial charge < -0.3 is 5.32 Å². The third-order valence-corrected chi connectivity index (χ3v) is 3.26. The minimum atomic E-state index is -0.124. The summed E-state index contributed by atoms with van der Waals surface area (Å²) in [5, 5.41) is 11.5. The first kappa shape index (κ1) is 13.8. The van der Waals surface area contributed by atoms with E-state index in [2.05, 4.69) is 11.4 Å². The maximum absolute atomic E-state index is 12.1. The molecule has 0 aliphatic carbocycles. The van der Waals surface area contributed by atoms with E-state index in [1.54, 1.807) is 0 Å². The van der Waals surface area contributed by atoms with Gasteiger partial charge in [0, 0.05) is 11.3 Å². The van der Waals surface area contributed by atoms with Gasteiger partial charge in [-0.05, 0) is 54.8 Å². The van der Waals surface area contributed by atoms with Crippen LogP contribution in [0.5, 0.6) is 0 Å². The summed E-state index contributed by atoms with van der Waals surface area (Å²) < 4.78 is 0. The molecule has 2 rings (SSSR count). The Morgan fingerprint density at radius 3 is 2.40 bits per heavy atom. The molecular formula is C17H16N2O. The standard InChI is InChI=1S/C17H16N2O/c1-12-3-6-15(11-13(12)2)17(20)19-16-7-4-14(5-8-16)9-10-18/h3-8,11H,9H2,1-2H3,(H,19,20). The van der Waals surface area contributed by atoms with Gasteiger partial charge in [0.2, 0.25) is 0 Å². The summed E-state index contributed by atoms with van der Waals surface area (Å²) in [6, 6.07) is 15.1. The van der Waals surface area contributed by atoms with E-state index >= 15 is 0 Å². The van der Waals surface area contributed by atoms with Gasteiger partial charge in [-0.15, -0.1) is 0 Å². The quantitative estimate of drug-likeness (QED) is 0.920. The average Bonchev–Trinajstić information content (AvgIpc) is 2.44. The molecular weight excluding hydrogens is 248 g/mol. The summed E-state index contributed by atoms with van der Waals surface area (Å²) in [6.45, 7) is 4.01. The van der Waals surface area contributed by atoms with Crippen LogP contribution in [0.15, 0.2) is 42.5 Å². The molecule has 0 unspecified atom stereocenters. The van der Waals surface area contributed by atoms with Crippen LogP contribution >= 0.6 is 0 Å². The summed E-state index contributed by atoms with van der Waals surface area (Å²) >= 11 is 0. The number of nitriles is 1. The Kier molecular flexibility index (Phi) is 4.17. The summed E-state index contributed by atoms with van der Waals surface area (Å²) in [4.78, 5) is 12.1. The normalized spacial score (nSPS) is 9.85. The Labute approximate surface area is 118 Å². The predicted octanol–water partition coefficient (Wildman–Crippen LogP) is 3.62. The van der Waals surface area contributed by atoms with Crippen molar-refractivity contribution in [2.45, 2.75) is 20.3 Å². The maximum atomic E-state index is 12.1. The number of amides is 1. The minimum Gasteiger partial charge on any atom is -0.322 e. The van der Waals surface area contributed by atoms with Crippen molar-refractivity contribution in [2.75, 3.05) is 5.32 Å². The molecule has 0 fully saturated rings. The van der Waals surface area contributed by atoms with E-state index in [1.165, 1.54) is 5.56 Å². The second-order valence-corrected chi connectivity index (χ2v) is 4.78. The van der Waals surface area contributed by atoms with Gasteiger partial charge in [0.15, 0.2) is 0 Å². The number of nitrogens with zero attached hydrogens (tertiary/aromatic N) is 1. The Bertz CT molecular complexity index is 666. The first-order chi connectivity index (χ1) is 9.60. The molecule has 0 aliphatic heterocycles. The molecule has 0 aliphatic rings. The first-order valence-electron chi connectivity index (χ1n) is 6.44. The van der Waals surface area contributed by atoms with Crippen LogP contribution in [0.4, 0.5) is 5.69 Å². The fraction of sp³-hybridized carbons (Fsp3) is 0.176. The highest BCUT2D eigenvalue weighted by Crippen LogP contribution is 2.14. The van der Waals surface area contributed by atoms with Gasteiger partial charge in [0.05, 0.1) is 12.5 Å². The number of aryl methyl sites for hydroxylation is 2. The predicted molar refractivity (Wildman–Crippen MR) is 79.6 cm³/mol. The van der Waals surface area contributed by atoms with Crippen molar-refractivity contribution < 1.29 is 4.79 Å². The van der Waals surface area contributed by atoms with Crippen LogP contribution in [0.2, 0.25) is 0 Å². The molecule has 1 N–H and O–H groups in total. The van der Waals surface area contributed by atoms with Crippen molar-refractivity contribution >= 4 is 11.6 Å². The minimum absolute atomic E-state index is 0.124. The average molecular weight is 264 g/mol. The van der Waals surface area contributed by atoms with Crippen molar-refractivity contribution in [1.29, 1.82) is 5.26 Å². The number of anilines is 1. The number of hydrogen-bond donors (Lipinski definition) is 1. The molecule has 20 heavy (non-hydrogen) atoms. The van der Waals surface area contributed by atoms with E-state index in [9.17, 15) is 4.79 Å². The van der Waals surface area contributed by atoms with Gasteiger partial charge in [-0.3, -0.25) is 4.79 Å². The van der Waals surface area contributed by atoms with E-state index in [0.29, 0.717) is 12.0 Å². The molecule has 0 heterocycles. The molecule has 3 nitrogen and oxygen atoms in total. The number of hydrogen-bond acceptors (Lipinski definition) is 2. The van der Waals surface area contributed by atoms with Crippen molar-refractivity contribution in [2.24, 2.45) is 0 Å². The van der Waals surface area contributed by atoms with Crippen LogP contribution < -0.4 is 5.32 Å². The summed E-state index contributed by atoms with van der Waals surface area (Å²) in [5.74, 6) is -0.124. The smallest absolute Gasteiger partial charge is 0.255 e. The lowest BCUT2D eigenvalue weighted by atomic mass is 10.1. The lowest BCUT2D eigenvalue weighted by Crippen LogP contribution is -2.12. The molecule has 0 saturated carbocycles. The van der Waals surface area contributed by atoms with Gasteiger partial charge in [-0.25, -0.2) is 0 Å². The van der Waals surface area contributed by atoms with E-state index < -0.39 is 0 Å². The van der Waals surface area contributed by atoms with Crippen molar-refractivity contribution in [3.8, 4) is 6.07 Å². The highest BCUT2D eigenvalue weighted by molar-refractivity contribution is 6.04. The second-order valence-electron chi connectivity index (χ2n) is 4.78. The Morgan fingerprint density at radius 1 is 1.10 bits per heavy atom. The largest absolute Gasteiger partial charge is 0.322 e. The number of rotatable bonds is 3. The molecule has 100 valence electrons. The van der Waals surface area contributed by atoms with E-state index in [1.807, 2.05) is 56.3 Å². The topological polar surface area (TPSA) is 52.9 Å². The second kappa shape index (κ2) is 6.03. The van der Waals surface area contributed by atoms with Gasteiger partial charge in [0.25, 0.3) is 5.91 Å². The summed E-state index contributed by atoms with van der Waals surface area (Å²) in [6.07, 6.45) is 0.380. The van der Waals surface area contributed by atoms with Crippen molar-refractivity contribution in [3.05, 3.63) is 64.7 Å². The van der Waals surface area contributed by atoms with Gasteiger partial charge in [0.1, 0.15) is 0 Å². The third kappa shape index (κ3) is 3.24. The fourth-order valence-corrected chi connectivity index (χ4v) is 1.88. The summed E-state index contributed by atoms with van der Waals surface area (Å²) in [5.41, 5.74) is 4.59. The number of nitrogens with one attached hydrogen (secondary N) is 1. The number of carbonyl (C=O) groups excluding carboxylic acids is 1. The van der Waals surface area contributed by atoms with Crippen LogP contribution in [-0.4, -0.2) is 5.91 Å². The molecule has 0 spiro atoms. The lowest BCUT2D eigenvalue weighted by molar-refractivity contribution is 0.102. The monoisotopic (exact) mass is 264 g/mol. The van der Waals surface area contributed by atoms with Crippen LogP contribution in [0.1, 0.15) is 27.0 Å². The van der Waals surface area contributed by atoms with E-state index in [-0.39, 0.29) is 5.91 Å². The molecule has 2 aromatic carbocycles. The highest BCUT2D eigenvalue weighted by atomic mass is 16.1. The highest BCUT2D eigenvalue weighted by Gasteiger charge is 2.07. The van der Waals surface area contributed by atoms with Gasteiger partial charge >= 0.3 is 0 Å². The zero-order valence-electron chi connectivity index (χ0n) is 11.6. The zero-order valence-corrected chi connectivity index (χ0v) is 11.6. The Morgan fingerprint density at radius 2 is 1.80 bits per heavy atom. The molecule has 3 heteroatoms.